The molecule has 0 unspecified atom stereocenters. The smallest absolute Gasteiger partial charge is 0.222 e. The van der Waals surface area contributed by atoms with Gasteiger partial charge in [-0.2, -0.15) is 0 Å². The maximum atomic E-state index is 11.8. The molecule has 3 nitrogen and oxygen atoms in total. The van der Waals surface area contributed by atoms with Crippen LogP contribution in [0.4, 0.5) is 0 Å². The van der Waals surface area contributed by atoms with E-state index in [1.54, 1.807) is 0 Å². The molecule has 0 aromatic carbocycles. The van der Waals surface area contributed by atoms with Crippen LogP contribution in [0.5, 0.6) is 0 Å². The van der Waals surface area contributed by atoms with Gasteiger partial charge in [0.2, 0.25) is 5.91 Å². The van der Waals surface area contributed by atoms with Crippen LogP contribution in [-0.2, 0) is 4.79 Å². The van der Waals surface area contributed by atoms with E-state index >= 15 is 0 Å². The number of hydrogen-bond acceptors (Lipinski definition) is 2. The Hall–Kier alpha value is -0.570. The van der Waals surface area contributed by atoms with E-state index in [1.807, 2.05) is 13.8 Å². The molecule has 0 atom stereocenters. The van der Waals surface area contributed by atoms with Crippen LogP contribution in [0.2, 0.25) is 0 Å². The van der Waals surface area contributed by atoms with Gasteiger partial charge in [-0.1, -0.05) is 33.1 Å². The van der Waals surface area contributed by atoms with Crippen LogP contribution in [0.25, 0.3) is 0 Å². The van der Waals surface area contributed by atoms with E-state index in [4.69, 9.17) is 5.73 Å². The van der Waals surface area contributed by atoms with E-state index in [1.165, 1.54) is 19.3 Å². The monoisotopic (exact) mass is 226 g/mol. The summed E-state index contributed by atoms with van der Waals surface area (Å²) < 4.78 is 0. The summed E-state index contributed by atoms with van der Waals surface area (Å²) in [5.74, 6) is 0.274. The molecule has 0 radical (unpaired) electrons. The minimum absolute atomic E-state index is 0.0545. The molecule has 1 rings (SSSR count). The molecular weight excluding hydrogens is 200 g/mol. The Bertz CT molecular complexity index is 220. The highest BCUT2D eigenvalue weighted by molar-refractivity contribution is 5.78. The van der Waals surface area contributed by atoms with Gasteiger partial charge in [-0.25, -0.2) is 0 Å². The van der Waals surface area contributed by atoms with E-state index in [-0.39, 0.29) is 17.4 Å². The summed E-state index contributed by atoms with van der Waals surface area (Å²) in [6.45, 7) is 4.63. The van der Waals surface area contributed by atoms with Crippen LogP contribution in [0, 0.1) is 5.92 Å². The third-order valence-corrected chi connectivity index (χ3v) is 3.58. The van der Waals surface area contributed by atoms with Crippen molar-refractivity contribution in [1.82, 2.24) is 5.32 Å². The fourth-order valence-electron chi connectivity index (χ4n) is 2.51. The molecule has 0 spiro atoms. The second-order valence-electron chi connectivity index (χ2n) is 5.38. The third kappa shape index (κ3) is 3.78. The van der Waals surface area contributed by atoms with Crippen molar-refractivity contribution < 1.29 is 4.79 Å². The predicted molar refractivity (Wildman–Crippen MR) is 67.1 cm³/mol. The lowest BCUT2D eigenvalue weighted by Gasteiger charge is -2.39. The van der Waals surface area contributed by atoms with Gasteiger partial charge >= 0.3 is 0 Å². The molecule has 3 heteroatoms. The molecule has 1 aliphatic carbocycles. The fourth-order valence-corrected chi connectivity index (χ4v) is 2.51. The number of rotatable bonds is 5. The largest absolute Gasteiger partial charge is 0.350 e. The Labute approximate surface area is 99.2 Å². The Morgan fingerprint density at radius 1 is 1.31 bits per heavy atom. The summed E-state index contributed by atoms with van der Waals surface area (Å²) in [7, 11) is 0. The molecule has 1 amide bonds. The van der Waals surface area contributed by atoms with E-state index in [0.29, 0.717) is 0 Å². The number of carbonyl (C=O) groups excluding carboxylic acids is 1. The molecule has 0 aromatic rings. The molecule has 0 aliphatic heterocycles. The van der Waals surface area contributed by atoms with E-state index in [9.17, 15) is 4.79 Å². The van der Waals surface area contributed by atoms with E-state index < -0.39 is 0 Å². The molecule has 1 saturated carbocycles. The number of nitrogens with two attached hydrogens (primary N) is 1. The average molecular weight is 226 g/mol. The van der Waals surface area contributed by atoms with Crippen molar-refractivity contribution in [2.75, 3.05) is 6.54 Å². The van der Waals surface area contributed by atoms with Crippen molar-refractivity contribution in [3.63, 3.8) is 0 Å². The van der Waals surface area contributed by atoms with E-state index in [2.05, 4.69) is 5.32 Å². The summed E-state index contributed by atoms with van der Waals surface area (Å²) in [5, 5.41) is 3.27. The zero-order valence-electron chi connectivity index (χ0n) is 10.7. The Morgan fingerprint density at radius 3 is 2.44 bits per heavy atom. The molecule has 1 aliphatic rings. The van der Waals surface area contributed by atoms with Gasteiger partial charge < -0.3 is 11.1 Å². The first kappa shape index (κ1) is 13.5. The molecule has 94 valence electrons. The maximum absolute atomic E-state index is 11.8. The summed E-state index contributed by atoms with van der Waals surface area (Å²) in [5.41, 5.74) is 5.64. The average Bonchev–Trinajstić information content (AvgIpc) is 2.27. The van der Waals surface area contributed by atoms with Crippen LogP contribution >= 0.6 is 0 Å². The van der Waals surface area contributed by atoms with Gasteiger partial charge in [0.05, 0.1) is 0 Å². The van der Waals surface area contributed by atoms with Crippen molar-refractivity contribution in [1.29, 1.82) is 0 Å². The van der Waals surface area contributed by atoms with Crippen LogP contribution < -0.4 is 11.1 Å². The molecule has 0 bridgehead atoms. The first-order valence-corrected chi connectivity index (χ1v) is 6.62. The van der Waals surface area contributed by atoms with Crippen molar-refractivity contribution >= 4 is 5.91 Å². The van der Waals surface area contributed by atoms with Crippen LogP contribution in [0.15, 0.2) is 0 Å². The standard InChI is InChI=1S/C13H26N2O/c1-11(2)12(16)15-13(9-6-10-14)7-4-3-5-8-13/h11H,3-10,14H2,1-2H3,(H,15,16). The van der Waals surface area contributed by atoms with Crippen LogP contribution in [0.3, 0.4) is 0 Å². The zero-order chi connectivity index (χ0) is 12.0. The zero-order valence-corrected chi connectivity index (χ0v) is 10.7. The quantitative estimate of drug-likeness (QED) is 0.755. The Morgan fingerprint density at radius 2 is 1.94 bits per heavy atom. The second kappa shape index (κ2) is 6.24. The van der Waals surface area contributed by atoms with Gasteiger partial charge in [0.1, 0.15) is 0 Å². The topological polar surface area (TPSA) is 55.1 Å². The van der Waals surface area contributed by atoms with Crippen molar-refractivity contribution in [2.45, 2.75) is 64.3 Å². The summed E-state index contributed by atoms with van der Waals surface area (Å²) >= 11 is 0. The van der Waals surface area contributed by atoms with Gasteiger partial charge in [-0.05, 0) is 32.2 Å². The molecule has 0 saturated heterocycles. The normalized spacial score (nSPS) is 19.8. The molecule has 16 heavy (non-hydrogen) atoms. The maximum Gasteiger partial charge on any atom is 0.222 e. The van der Waals surface area contributed by atoms with Gasteiger partial charge in [0.15, 0.2) is 0 Å². The van der Waals surface area contributed by atoms with Gasteiger partial charge in [0.25, 0.3) is 0 Å². The number of carbonyl (C=O) groups is 1. The SMILES string of the molecule is CC(C)C(=O)NC1(CCCN)CCCCC1. The lowest BCUT2D eigenvalue weighted by atomic mass is 9.78. The highest BCUT2D eigenvalue weighted by Gasteiger charge is 2.33. The number of amides is 1. The van der Waals surface area contributed by atoms with Crippen molar-refractivity contribution in [2.24, 2.45) is 11.7 Å². The molecule has 0 aromatic heterocycles. The highest BCUT2D eigenvalue weighted by atomic mass is 16.2. The fraction of sp³-hybridized carbons (Fsp3) is 0.923. The van der Waals surface area contributed by atoms with Crippen LogP contribution in [-0.4, -0.2) is 18.0 Å². The van der Waals surface area contributed by atoms with Crippen LogP contribution in [0.1, 0.15) is 58.8 Å². The highest BCUT2D eigenvalue weighted by Crippen LogP contribution is 2.32. The van der Waals surface area contributed by atoms with Crippen molar-refractivity contribution in [3.8, 4) is 0 Å². The first-order valence-electron chi connectivity index (χ1n) is 6.62. The Balaban J connectivity index is 2.58. The van der Waals surface area contributed by atoms with Gasteiger partial charge in [0, 0.05) is 11.5 Å². The first-order chi connectivity index (χ1) is 7.59. The second-order valence-corrected chi connectivity index (χ2v) is 5.38. The molecule has 1 fully saturated rings. The lowest BCUT2D eigenvalue weighted by Crippen LogP contribution is -2.51. The van der Waals surface area contributed by atoms with Crippen molar-refractivity contribution in [3.05, 3.63) is 0 Å². The summed E-state index contributed by atoms with van der Waals surface area (Å²) in [6.07, 6.45) is 8.10. The molecular formula is C13H26N2O. The third-order valence-electron chi connectivity index (χ3n) is 3.58. The Kier molecular flexibility index (Phi) is 5.26. The lowest BCUT2D eigenvalue weighted by molar-refractivity contribution is -0.126. The summed E-state index contributed by atoms with van der Waals surface area (Å²) in [4.78, 5) is 11.8. The minimum atomic E-state index is 0.0545. The summed E-state index contributed by atoms with van der Waals surface area (Å²) in [6, 6.07) is 0. The number of hydrogen-bond donors (Lipinski definition) is 2. The van der Waals surface area contributed by atoms with Gasteiger partial charge in [-0.15, -0.1) is 0 Å². The molecule has 0 heterocycles. The number of nitrogens with one attached hydrogen (secondary N) is 1. The molecule has 3 N–H and O–H groups in total. The van der Waals surface area contributed by atoms with E-state index in [0.717, 1.165) is 32.2 Å². The predicted octanol–water partition coefficient (Wildman–Crippen LogP) is 2.20. The van der Waals surface area contributed by atoms with Gasteiger partial charge in [-0.3, -0.25) is 4.79 Å². The minimum Gasteiger partial charge on any atom is -0.350 e.